The van der Waals surface area contributed by atoms with Crippen molar-refractivity contribution < 1.29 is 19.7 Å². The third-order valence-electron chi connectivity index (χ3n) is 8.17. The Morgan fingerprint density at radius 3 is 1.40 bits per heavy atom. The number of methoxy groups -OCH3 is 1. The SMILES string of the molecule is COc1c(C(C)(C)C)cc(SC2(Sc3cc(C(C)(C)C)c(O)c(C(C)(C)C)c3)CCN(CC(=O)O)CC2)cc1C(C)(C)C. The van der Waals surface area contributed by atoms with E-state index in [0.717, 1.165) is 47.7 Å². The van der Waals surface area contributed by atoms with Gasteiger partial charge in [-0.15, -0.1) is 23.5 Å². The number of nitrogens with zero attached hydrogens (tertiary/aromatic N) is 1. The van der Waals surface area contributed by atoms with Crippen LogP contribution in [0.2, 0.25) is 0 Å². The van der Waals surface area contributed by atoms with Crippen LogP contribution in [0, 0.1) is 0 Å². The van der Waals surface area contributed by atoms with Crippen LogP contribution in [0.25, 0.3) is 0 Å². The summed E-state index contributed by atoms with van der Waals surface area (Å²) >= 11 is 3.79. The minimum absolute atomic E-state index is 0.0673. The molecule has 5 nitrogen and oxygen atoms in total. The molecule has 3 rings (SSSR count). The van der Waals surface area contributed by atoms with E-state index in [9.17, 15) is 15.0 Å². The summed E-state index contributed by atoms with van der Waals surface area (Å²) in [6.45, 7) is 27.8. The van der Waals surface area contributed by atoms with Crippen molar-refractivity contribution in [3.63, 3.8) is 0 Å². The number of hydrogen-bond acceptors (Lipinski definition) is 6. The molecule has 0 aromatic heterocycles. The molecule has 0 amide bonds. The number of benzene rings is 2. The fraction of sp³-hybridized carbons (Fsp3) is 0.639. The lowest BCUT2D eigenvalue weighted by Crippen LogP contribution is -2.42. The fourth-order valence-electron chi connectivity index (χ4n) is 5.70. The van der Waals surface area contributed by atoms with Gasteiger partial charge in [-0.05, 0) is 58.8 Å². The van der Waals surface area contributed by atoms with Gasteiger partial charge in [0, 0.05) is 45.1 Å². The van der Waals surface area contributed by atoms with Crippen molar-refractivity contribution in [2.45, 2.75) is 131 Å². The number of piperidine rings is 1. The predicted molar refractivity (Wildman–Crippen MR) is 184 cm³/mol. The first-order chi connectivity index (χ1) is 19.5. The fourth-order valence-corrected chi connectivity index (χ4v) is 8.79. The van der Waals surface area contributed by atoms with Gasteiger partial charge in [0.1, 0.15) is 11.5 Å². The summed E-state index contributed by atoms with van der Waals surface area (Å²) in [5.74, 6) is 0.573. The van der Waals surface area contributed by atoms with E-state index in [4.69, 9.17) is 4.74 Å². The number of ether oxygens (including phenoxy) is 1. The van der Waals surface area contributed by atoms with Crippen LogP contribution in [-0.4, -0.2) is 51.9 Å². The van der Waals surface area contributed by atoms with Crippen molar-refractivity contribution in [3.8, 4) is 11.5 Å². The van der Waals surface area contributed by atoms with Gasteiger partial charge in [0.15, 0.2) is 0 Å². The van der Waals surface area contributed by atoms with Gasteiger partial charge in [0.05, 0.1) is 17.7 Å². The molecule has 7 heteroatoms. The molecule has 0 radical (unpaired) electrons. The Balaban J connectivity index is 2.20. The molecule has 240 valence electrons. The molecule has 1 saturated heterocycles. The van der Waals surface area contributed by atoms with Gasteiger partial charge >= 0.3 is 5.97 Å². The lowest BCUT2D eigenvalue weighted by molar-refractivity contribution is -0.138. The van der Waals surface area contributed by atoms with Crippen LogP contribution in [0.3, 0.4) is 0 Å². The molecule has 1 aliphatic rings. The first kappa shape index (κ1) is 35.6. The lowest BCUT2D eigenvalue weighted by Gasteiger charge is -2.41. The average molecular weight is 630 g/mol. The lowest BCUT2D eigenvalue weighted by atomic mass is 9.79. The zero-order valence-corrected chi connectivity index (χ0v) is 30.5. The van der Waals surface area contributed by atoms with Crippen LogP contribution in [-0.2, 0) is 26.5 Å². The van der Waals surface area contributed by atoms with Crippen molar-refractivity contribution in [2.75, 3.05) is 26.7 Å². The summed E-state index contributed by atoms with van der Waals surface area (Å²) in [4.78, 5) is 15.9. The molecule has 0 saturated carbocycles. The van der Waals surface area contributed by atoms with Gasteiger partial charge in [-0.3, -0.25) is 9.69 Å². The third-order valence-corrected chi connectivity index (χ3v) is 11.2. The topological polar surface area (TPSA) is 70.0 Å². The molecule has 0 bridgehead atoms. The Kier molecular flexibility index (Phi) is 10.4. The number of hydrogen-bond donors (Lipinski definition) is 2. The standard InChI is InChI=1S/C36H55NO4S2/c1-32(2,3)25-18-23(19-26(30(25)40)33(4,5)6)42-36(14-16-37(17-15-36)22-29(38)39)43-24-20-27(34(7,8)9)31(41-13)28(21-24)35(10,11)12/h18-21,40H,14-17,22H2,1-13H3,(H,38,39). The maximum absolute atomic E-state index is 11.5. The smallest absolute Gasteiger partial charge is 0.317 e. The average Bonchev–Trinajstić information content (AvgIpc) is 2.83. The molecular weight excluding hydrogens is 575 g/mol. The zero-order valence-electron chi connectivity index (χ0n) is 28.8. The van der Waals surface area contributed by atoms with Crippen molar-refractivity contribution in [2.24, 2.45) is 0 Å². The normalized spacial score (nSPS) is 16.8. The Hall–Kier alpha value is -1.83. The highest BCUT2D eigenvalue weighted by Gasteiger charge is 2.39. The number of rotatable bonds is 7. The van der Waals surface area contributed by atoms with Gasteiger partial charge in [0.25, 0.3) is 0 Å². The second-order valence-corrected chi connectivity index (χ2v) is 19.4. The Morgan fingerprint density at radius 1 is 0.744 bits per heavy atom. The molecule has 2 aromatic carbocycles. The van der Waals surface area contributed by atoms with Crippen LogP contribution in [0.4, 0.5) is 0 Å². The monoisotopic (exact) mass is 629 g/mol. The van der Waals surface area contributed by atoms with Gasteiger partial charge in [-0.25, -0.2) is 0 Å². The van der Waals surface area contributed by atoms with E-state index in [0.29, 0.717) is 5.75 Å². The van der Waals surface area contributed by atoms with E-state index in [-0.39, 0.29) is 32.3 Å². The molecule has 2 N–H and O–H groups in total. The minimum atomic E-state index is -0.782. The highest BCUT2D eigenvalue weighted by molar-refractivity contribution is 8.18. The van der Waals surface area contributed by atoms with E-state index < -0.39 is 5.97 Å². The number of aromatic hydroxyl groups is 1. The van der Waals surface area contributed by atoms with Crippen molar-refractivity contribution in [3.05, 3.63) is 46.5 Å². The van der Waals surface area contributed by atoms with E-state index in [1.54, 1.807) is 7.11 Å². The summed E-state index contributed by atoms with van der Waals surface area (Å²) in [5.41, 5.74) is 3.67. The molecule has 1 fully saturated rings. The first-order valence-electron chi connectivity index (χ1n) is 15.4. The summed E-state index contributed by atoms with van der Waals surface area (Å²) in [5, 5.41) is 20.9. The largest absolute Gasteiger partial charge is 0.507 e. The summed E-state index contributed by atoms with van der Waals surface area (Å²) in [6, 6.07) is 8.97. The minimum Gasteiger partial charge on any atom is -0.507 e. The first-order valence-corrected chi connectivity index (χ1v) is 17.0. The summed E-state index contributed by atoms with van der Waals surface area (Å²) in [7, 11) is 1.77. The van der Waals surface area contributed by atoms with Crippen LogP contribution in [0.1, 0.15) is 118 Å². The molecule has 1 aliphatic heterocycles. The van der Waals surface area contributed by atoms with E-state index in [1.807, 2.05) is 23.5 Å². The van der Waals surface area contributed by atoms with Gasteiger partial charge in [-0.1, -0.05) is 83.1 Å². The highest BCUT2D eigenvalue weighted by atomic mass is 32.2. The quantitative estimate of drug-likeness (QED) is 0.296. The van der Waals surface area contributed by atoms with Crippen molar-refractivity contribution >= 4 is 29.5 Å². The van der Waals surface area contributed by atoms with Crippen LogP contribution in [0.15, 0.2) is 34.1 Å². The predicted octanol–water partition coefficient (Wildman–Crippen LogP) is 9.35. The third kappa shape index (κ3) is 8.67. The Morgan fingerprint density at radius 2 is 1.09 bits per heavy atom. The second kappa shape index (κ2) is 12.5. The van der Waals surface area contributed by atoms with E-state index >= 15 is 0 Å². The number of aliphatic carboxylic acids is 1. The number of likely N-dealkylation sites (tertiary alicyclic amines) is 1. The van der Waals surface area contributed by atoms with E-state index in [2.05, 4.69) is 112 Å². The molecule has 43 heavy (non-hydrogen) atoms. The van der Waals surface area contributed by atoms with Gasteiger partial charge < -0.3 is 14.9 Å². The summed E-state index contributed by atoms with van der Waals surface area (Å²) < 4.78 is 5.83. The molecule has 1 heterocycles. The molecule has 0 unspecified atom stereocenters. The van der Waals surface area contributed by atoms with E-state index in [1.165, 1.54) is 16.0 Å². The van der Waals surface area contributed by atoms with Gasteiger partial charge in [-0.2, -0.15) is 0 Å². The Bertz CT molecular complexity index is 1240. The van der Waals surface area contributed by atoms with Crippen LogP contribution in [0.5, 0.6) is 11.5 Å². The van der Waals surface area contributed by atoms with Gasteiger partial charge in [0.2, 0.25) is 0 Å². The number of carboxylic acids is 1. The Labute approximate surface area is 269 Å². The highest BCUT2D eigenvalue weighted by Crippen LogP contribution is 2.55. The molecule has 2 aromatic rings. The maximum atomic E-state index is 11.5. The number of phenolic OH excluding ortho intramolecular Hbond substituents is 1. The molecule has 0 aliphatic carbocycles. The number of carbonyl (C=O) groups is 1. The maximum Gasteiger partial charge on any atom is 0.317 e. The number of phenols is 1. The summed E-state index contributed by atoms with van der Waals surface area (Å²) in [6.07, 6.45) is 1.68. The molecular formula is C36H55NO4S2. The van der Waals surface area contributed by atoms with Crippen LogP contribution < -0.4 is 4.74 Å². The second-order valence-electron chi connectivity index (χ2n) is 16.2. The number of thioether (sulfide) groups is 2. The molecule has 0 spiro atoms. The van der Waals surface area contributed by atoms with Crippen molar-refractivity contribution in [1.82, 2.24) is 4.90 Å². The molecule has 0 atom stereocenters. The van der Waals surface area contributed by atoms with Crippen molar-refractivity contribution in [1.29, 1.82) is 0 Å². The zero-order chi connectivity index (χ0) is 32.8. The van der Waals surface area contributed by atoms with Crippen LogP contribution >= 0.6 is 23.5 Å². The number of carboxylic acid groups (broad SMARTS) is 1.